The Kier molecular flexibility index (Phi) is 5.63. The van der Waals surface area contributed by atoms with Crippen molar-refractivity contribution >= 4 is 5.69 Å². The van der Waals surface area contributed by atoms with Gasteiger partial charge in [-0.2, -0.15) is 0 Å². The van der Waals surface area contributed by atoms with E-state index < -0.39 is 0 Å². The van der Waals surface area contributed by atoms with Gasteiger partial charge in [0.2, 0.25) is 0 Å². The van der Waals surface area contributed by atoms with Crippen LogP contribution in [-0.2, 0) is 16.0 Å². The highest BCUT2D eigenvalue weighted by molar-refractivity contribution is 5.54. The van der Waals surface area contributed by atoms with E-state index in [0.29, 0.717) is 6.04 Å². The molecule has 1 N–H and O–H groups in total. The van der Waals surface area contributed by atoms with E-state index in [0.717, 1.165) is 39.3 Å². The summed E-state index contributed by atoms with van der Waals surface area (Å²) in [6, 6.07) is 9.06. The van der Waals surface area contributed by atoms with Crippen molar-refractivity contribution in [3.05, 3.63) is 29.8 Å². The number of hydrogen-bond acceptors (Lipinski definition) is 4. The summed E-state index contributed by atoms with van der Waals surface area (Å²) in [6.45, 7) is 4.21. The molecule has 1 unspecified atom stereocenters. The third-order valence-electron chi connectivity index (χ3n) is 3.62. The van der Waals surface area contributed by atoms with Crippen LogP contribution in [-0.4, -0.2) is 46.6 Å². The number of likely N-dealkylation sites (N-methyl/N-ethyl adjacent to an activating group) is 1. The summed E-state index contributed by atoms with van der Waals surface area (Å²) in [5.74, 6) is 0. The van der Waals surface area contributed by atoms with Gasteiger partial charge in [0.15, 0.2) is 0 Å². The molecular weight excluding hydrogens is 240 g/mol. The lowest BCUT2D eigenvalue weighted by molar-refractivity contribution is 0.193. The summed E-state index contributed by atoms with van der Waals surface area (Å²) >= 11 is 0. The van der Waals surface area contributed by atoms with Crippen LogP contribution in [0.1, 0.15) is 12.0 Å². The van der Waals surface area contributed by atoms with Crippen LogP contribution in [0.4, 0.5) is 5.69 Å². The van der Waals surface area contributed by atoms with E-state index in [-0.39, 0.29) is 0 Å². The first-order valence-electron chi connectivity index (χ1n) is 6.91. The first-order chi connectivity index (χ1) is 9.33. The molecule has 1 atom stereocenters. The van der Waals surface area contributed by atoms with E-state index in [2.05, 4.69) is 41.5 Å². The first-order valence-corrected chi connectivity index (χ1v) is 6.91. The molecule has 1 aromatic carbocycles. The SMILES string of the molecule is COCCNCc1ccccc1N(C)C1CCOC1. The third kappa shape index (κ3) is 3.93. The molecule has 1 aliphatic heterocycles. The third-order valence-corrected chi connectivity index (χ3v) is 3.62. The van der Waals surface area contributed by atoms with Crippen LogP contribution < -0.4 is 10.2 Å². The van der Waals surface area contributed by atoms with Crippen molar-refractivity contribution in [2.45, 2.75) is 19.0 Å². The zero-order valence-corrected chi connectivity index (χ0v) is 11.9. The highest BCUT2D eigenvalue weighted by atomic mass is 16.5. The fourth-order valence-corrected chi connectivity index (χ4v) is 2.43. The fraction of sp³-hybridized carbons (Fsp3) is 0.600. The number of rotatable bonds is 7. The largest absolute Gasteiger partial charge is 0.383 e. The Morgan fingerprint density at radius 2 is 2.26 bits per heavy atom. The van der Waals surface area contributed by atoms with Gasteiger partial charge in [0.25, 0.3) is 0 Å². The maximum atomic E-state index is 5.48. The molecule has 1 fully saturated rings. The number of nitrogens with one attached hydrogen (secondary N) is 1. The molecule has 0 radical (unpaired) electrons. The Labute approximate surface area is 115 Å². The van der Waals surface area contributed by atoms with Gasteiger partial charge in [-0.15, -0.1) is 0 Å². The van der Waals surface area contributed by atoms with Gasteiger partial charge in [0, 0.05) is 39.5 Å². The number of methoxy groups -OCH3 is 1. The predicted molar refractivity (Wildman–Crippen MR) is 77.7 cm³/mol. The molecule has 0 aliphatic carbocycles. The molecule has 4 heteroatoms. The maximum Gasteiger partial charge on any atom is 0.0670 e. The van der Waals surface area contributed by atoms with Gasteiger partial charge >= 0.3 is 0 Å². The van der Waals surface area contributed by atoms with Gasteiger partial charge in [-0.25, -0.2) is 0 Å². The predicted octanol–water partition coefficient (Wildman–Crippen LogP) is 1.65. The van der Waals surface area contributed by atoms with Crippen LogP contribution in [0.5, 0.6) is 0 Å². The van der Waals surface area contributed by atoms with Crippen LogP contribution in [0.2, 0.25) is 0 Å². The average Bonchev–Trinajstić information content (AvgIpc) is 2.97. The molecule has 4 nitrogen and oxygen atoms in total. The number of benzene rings is 1. The maximum absolute atomic E-state index is 5.48. The summed E-state index contributed by atoms with van der Waals surface area (Å²) in [6.07, 6.45) is 1.11. The van der Waals surface area contributed by atoms with Gasteiger partial charge < -0.3 is 19.7 Å². The molecule has 0 aromatic heterocycles. The number of hydrogen-bond donors (Lipinski definition) is 1. The zero-order valence-electron chi connectivity index (χ0n) is 11.9. The highest BCUT2D eigenvalue weighted by Gasteiger charge is 2.21. The molecule has 19 heavy (non-hydrogen) atoms. The second kappa shape index (κ2) is 7.48. The summed E-state index contributed by atoms with van der Waals surface area (Å²) in [7, 11) is 3.89. The Hall–Kier alpha value is -1.10. The van der Waals surface area contributed by atoms with Crippen LogP contribution in [0.15, 0.2) is 24.3 Å². The number of nitrogens with zero attached hydrogens (tertiary/aromatic N) is 1. The van der Waals surface area contributed by atoms with E-state index in [1.807, 2.05) is 0 Å². The monoisotopic (exact) mass is 264 g/mol. The zero-order chi connectivity index (χ0) is 13.5. The Balaban J connectivity index is 1.98. The molecule has 1 aromatic rings. The molecule has 0 spiro atoms. The smallest absolute Gasteiger partial charge is 0.0670 e. The topological polar surface area (TPSA) is 33.7 Å². The van der Waals surface area contributed by atoms with Gasteiger partial charge in [0.05, 0.1) is 19.3 Å². The van der Waals surface area contributed by atoms with Crippen molar-refractivity contribution in [2.24, 2.45) is 0 Å². The summed E-state index contributed by atoms with van der Waals surface area (Å²) in [4.78, 5) is 2.35. The lowest BCUT2D eigenvalue weighted by Crippen LogP contribution is -2.33. The van der Waals surface area contributed by atoms with Crippen molar-refractivity contribution in [1.29, 1.82) is 0 Å². The standard InChI is InChI=1S/C15H24N2O2/c1-17(14-7-9-19-12-14)15-6-4-3-5-13(15)11-16-8-10-18-2/h3-6,14,16H,7-12H2,1-2H3. The van der Waals surface area contributed by atoms with Crippen molar-refractivity contribution < 1.29 is 9.47 Å². The fourth-order valence-electron chi connectivity index (χ4n) is 2.43. The van der Waals surface area contributed by atoms with E-state index in [4.69, 9.17) is 9.47 Å². The van der Waals surface area contributed by atoms with Gasteiger partial charge in [-0.3, -0.25) is 0 Å². The van der Waals surface area contributed by atoms with Crippen molar-refractivity contribution in [3.8, 4) is 0 Å². The molecule has 1 aliphatic rings. The second-order valence-corrected chi connectivity index (χ2v) is 4.93. The Morgan fingerprint density at radius 1 is 1.42 bits per heavy atom. The van der Waals surface area contributed by atoms with Crippen molar-refractivity contribution in [1.82, 2.24) is 5.32 Å². The van der Waals surface area contributed by atoms with Crippen LogP contribution in [0, 0.1) is 0 Å². The minimum Gasteiger partial charge on any atom is -0.383 e. The molecule has 1 heterocycles. The van der Waals surface area contributed by atoms with E-state index in [1.54, 1.807) is 7.11 Å². The number of para-hydroxylation sites is 1. The van der Waals surface area contributed by atoms with Crippen molar-refractivity contribution in [2.75, 3.05) is 45.4 Å². The summed E-state index contributed by atoms with van der Waals surface area (Å²) in [5, 5.41) is 3.41. The molecular formula is C15H24N2O2. The van der Waals surface area contributed by atoms with E-state index >= 15 is 0 Å². The molecule has 0 bridgehead atoms. The second-order valence-electron chi connectivity index (χ2n) is 4.93. The number of anilines is 1. The molecule has 0 saturated carbocycles. The normalized spacial score (nSPS) is 18.7. The molecule has 2 rings (SSSR count). The Morgan fingerprint density at radius 3 is 3.00 bits per heavy atom. The van der Waals surface area contributed by atoms with E-state index in [9.17, 15) is 0 Å². The number of ether oxygens (including phenoxy) is 2. The van der Waals surface area contributed by atoms with Crippen LogP contribution in [0.25, 0.3) is 0 Å². The molecule has 1 saturated heterocycles. The van der Waals surface area contributed by atoms with Crippen LogP contribution >= 0.6 is 0 Å². The highest BCUT2D eigenvalue weighted by Crippen LogP contribution is 2.24. The summed E-state index contributed by atoms with van der Waals surface area (Å²) in [5.41, 5.74) is 2.62. The summed E-state index contributed by atoms with van der Waals surface area (Å²) < 4.78 is 10.5. The Bertz CT molecular complexity index is 378. The van der Waals surface area contributed by atoms with Crippen molar-refractivity contribution in [3.63, 3.8) is 0 Å². The molecule has 0 amide bonds. The lowest BCUT2D eigenvalue weighted by Gasteiger charge is -2.27. The van der Waals surface area contributed by atoms with E-state index in [1.165, 1.54) is 11.3 Å². The minimum absolute atomic E-state index is 0.500. The minimum atomic E-state index is 0.500. The van der Waals surface area contributed by atoms with Gasteiger partial charge in [0.1, 0.15) is 0 Å². The lowest BCUT2D eigenvalue weighted by atomic mass is 10.1. The van der Waals surface area contributed by atoms with Gasteiger partial charge in [-0.1, -0.05) is 18.2 Å². The average molecular weight is 264 g/mol. The quantitative estimate of drug-likeness (QED) is 0.759. The van der Waals surface area contributed by atoms with Crippen LogP contribution in [0.3, 0.4) is 0 Å². The molecule has 106 valence electrons. The van der Waals surface area contributed by atoms with Gasteiger partial charge in [-0.05, 0) is 18.1 Å². The first kappa shape index (κ1) is 14.3.